The zero-order chi connectivity index (χ0) is 12.8. The fraction of sp³-hybridized carbons (Fsp3) is 0.929. The molecule has 2 heterocycles. The third-order valence-corrected chi connectivity index (χ3v) is 4.86. The van der Waals surface area contributed by atoms with Gasteiger partial charge in [-0.15, -0.1) is 0 Å². The Labute approximate surface area is 115 Å². The zero-order valence-corrected chi connectivity index (χ0v) is 12.3. The van der Waals surface area contributed by atoms with Gasteiger partial charge in [-0.1, -0.05) is 6.42 Å². The Morgan fingerprint density at radius 1 is 1.33 bits per heavy atom. The minimum atomic E-state index is 0.375. The van der Waals surface area contributed by atoms with Gasteiger partial charge >= 0.3 is 0 Å². The number of hydrogen-bond donors (Lipinski definition) is 1. The van der Waals surface area contributed by atoms with Crippen molar-refractivity contribution in [1.82, 2.24) is 10.2 Å². The molecule has 4 heteroatoms. The first-order valence-corrected chi connectivity index (χ1v) is 8.74. The molecule has 2 atom stereocenters. The van der Waals surface area contributed by atoms with E-state index in [0.717, 1.165) is 19.5 Å². The third-order valence-electron chi connectivity index (χ3n) is 4.16. The number of unbranched alkanes of at least 4 members (excludes halogenated alkanes) is 2. The number of thioether (sulfide) groups is 1. The highest BCUT2D eigenvalue weighted by molar-refractivity contribution is 7.98. The van der Waals surface area contributed by atoms with E-state index in [1.54, 1.807) is 0 Å². The molecule has 0 aromatic rings. The van der Waals surface area contributed by atoms with Crippen LogP contribution in [0.15, 0.2) is 0 Å². The molecule has 0 spiro atoms. The summed E-state index contributed by atoms with van der Waals surface area (Å²) < 4.78 is 0. The Morgan fingerprint density at radius 3 is 3.06 bits per heavy atom. The number of carbonyl (C=O) groups is 1. The van der Waals surface area contributed by atoms with E-state index in [1.165, 1.54) is 44.3 Å². The Balaban J connectivity index is 1.65. The molecule has 2 saturated heterocycles. The van der Waals surface area contributed by atoms with Crippen molar-refractivity contribution in [2.45, 2.75) is 57.0 Å². The first kappa shape index (κ1) is 14.2. The largest absolute Gasteiger partial charge is 0.338 e. The van der Waals surface area contributed by atoms with Gasteiger partial charge in [0, 0.05) is 25.0 Å². The smallest absolute Gasteiger partial charge is 0.224 e. The van der Waals surface area contributed by atoms with Crippen LogP contribution >= 0.6 is 11.8 Å². The van der Waals surface area contributed by atoms with Gasteiger partial charge in [0.2, 0.25) is 5.91 Å². The summed E-state index contributed by atoms with van der Waals surface area (Å²) in [6.07, 6.45) is 10.5. The summed E-state index contributed by atoms with van der Waals surface area (Å²) in [5.41, 5.74) is 0. The van der Waals surface area contributed by atoms with Gasteiger partial charge in [0.15, 0.2) is 0 Å². The van der Waals surface area contributed by atoms with E-state index in [1.807, 2.05) is 11.8 Å². The maximum Gasteiger partial charge on any atom is 0.224 e. The third kappa shape index (κ3) is 3.64. The molecule has 1 N–H and O–H groups in total. The molecule has 0 aromatic heterocycles. The lowest BCUT2D eigenvalue weighted by Crippen LogP contribution is -2.45. The van der Waals surface area contributed by atoms with E-state index in [0.29, 0.717) is 18.0 Å². The summed E-state index contributed by atoms with van der Waals surface area (Å²) >= 11 is 1.93. The molecule has 2 aliphatic heterocycles. The van der Waals surface area contributed by atoms with Gasteiger partial charge in [0.25, 0.3) is 0 Å². The second kappa shape index (κ2) is 7.39. The summed E-state index contributed by atoms with van der Waals surface area (Å²) in [4.78, 5) is 14.0. The van der Waals surface area contributed by atoms with Crippen LogP contribution in [0.5, 0.6) is 0 Å². The number of rotatable bonds is 7. The Bertz CT molecular complexity index is 273. The van der Waals surface area contributed by atoms with Crippen molar-refractivity contribution in [3.8, 4) is 0 Å². The van der Waals surface area contributed by atoms with Crippen molar-refractivity contribution in [3.05, 3.63) is 0 Å². The van der Waals surface area contributed by atoms with Crippen LogP contribution in [0.2, 0.25) is 0 Å². The maximum absolute atomic E-state index is 11.9. The molecule has 2 aliphatic rings. The highest BCUT2D eigenvalue weighted by Crippen LogP contribution is 2.28. The lowest BCUT2D eigenvalue weighted by atomic mass is 9.99. The normalized spacial score (nSPS) is 27.6. The molecule has 0 aromatic carbocycles. The van der Waals surface area contributed by atoms with Crippen LogP contribution in [0.25, 0.3) is 0 Å². The highest BCUT2D eigenvalue weighted by Gasteiger charge is 2.40. The summed E-state index contributed by atoms with van der Waals surface area (Å²) in [5, 5.41) is 3.62. The molecule has 0 radical (unpaired) electrons. The second-order valence-electron chi connectivity index (χ2n) is 5.47. The number of piperidine rings is 1. The van der Waals surface area contributed by atoms with E-state index < -0.39 is 0 Å². The van der Waals surface area contributed by atoms with Crippen LogP contribution in [0.4, 0.5) is 0 Å². The Morgan fingerprint density at radius 2 is 2.22 bits per heavy atom. The van der Waals surface area contributed by atoms with E-state index >= 15 is 0 Å². The first-order valence-electron chi connectivity index (χ1n) is 7.34. The van der Waals surface area contributed by atoms with Crippen molar-refractivity contribution >= 4 is 17.7 Å². The molecule has 2 rings (SSSR count). The lowest BCUT2D eigenvalue weighted by molar-refractivity contribution is -0.129. The topological polar surface area (TPSA) is 32.3 Å². The quantitative estimate of drug-likeness (QED) is 0.720. The molecule has 18 heavy (non-hydrogen) atoms. The molecule has 104 valence electrons. The van der Waals surface area contributed by atoms with Crippen LogP contribution in [-0.4, -0.2) is 48.0 Å². The molecule has 1 amide bonds. The molecule has 2 fully saturated rings. The first-order chi connectivity index (χ1) is 8.83. The Kier molecular flexibility index (Phi) is 5.83. The van der Waals surface area contributed by atoms with E-state index in [2.05, 4.69) is 16.5 Å². The van der Waals surface area contributed by atoms with E-state index in [-0.39, 0.29) is 0 Å². The van der Waals surface area contributed by atoms with Gasteiger partial charge in [0.05, 0.1) is 0 Å². The van der Waals surface area contributed by atoms with Crippen molar-refractivity contribution in [2.24, 2.45) is 0 Å². The summed E-state index contributed by atoms with van der Waals surface area (Å²) in [7, 11) is 0. The number of nitrogens with one attached hydrogen (secondary N) is 1. The van der Waals surface area contributed by atoms with E-state index in [4.69, 9.17) is 0 Å². The van der Waals surface area contributed by atoms with Crippen LogP contribution in [0, 0.1) is 0 Å². The number of nitrogens with zero attached hydrogens (tertiary/aromatic N) is 1. The number of amides is 1. The van der Waals surface area contributed by atoms with Gasteiger partial charge in [0.1, 0.15) is 0 Å². The molecular weight excluding hydrogens is 244 g/mol. The average Bonchev–Trinajstić information content (AvgIpc) is 2.71. The molecule has 0 saturated carbocycles. The minimum absolute atomic E-state index is 0.375. The fourth-order valence-corrected chi connectivity index (χ4v) is 3.66. The van der Waals surface area contributed by atoms with Gasteiger partial charge in [-0.25, -0.2) is 0 Å². The lowest BCUT2D eigenvalue weighted by Gasteiger charge is -2.32. The van der Waals surface area contributed by atoms with Crippen molar-refractivity contribution in [1.29, 1.82) is 0 Å². The number of fused-ring (bicyclic) bond motifs is 1. The average molecular weight is 270 g/mol. The number of hydrogen-bond acceptors (Lipinski definition) is 3. The summed E-state index contributed by atoms with van der Waals surface area (Å²) in [5.74, 6) is 1.65. The standard InChI is InChI=1S/C14H26N2OS/c1-18-10-6-2-4-8-15-12-11-14(17)16-9-5-3-7-13(12)16/h12-13,15H,2-11H2,1H3. The van der Waals surface area contributed by atoms with Crippen molar-refractivity contribution < 1.29 is 4.79 Å². The number of carbonyl (C=O) groups excluding carboxylic acids is 1. The molecule has 3 nitrogen and oxygen atoms in total. The predicted octanol–water partition coefficient (Wildman–Crippen LogP) is 2.26. The summed E-state index contributed by atoms with van der Waals surface area (Å²) in [6, 6.07) is 0.927. The van der Waals surface area contributed by atoms with Crippen LogP contribution < -0.4 is 5.32 Å². The fourth-order valence-electron chi connectivity index (χ4n) is 3.17. The molecule has 0 bridgehead atoms. The van der Waals surface area contributed by atoms with Crippen LogP contribution in [0.3, 0.4) is 0 Å². The zero-order valence-electron chi connectivity index (χ0n) is 11.5. The molecule has 2 unspecified atom stereocenters. The molecule has 0 aliphatic carbocycles. The second-order valence-corrected chi connectivity index (χ2v) is 6.45. The minimum Gasteiger partial charge on any atom is -0.338 e. The maximum atomic E-state index is 11.9. The Hall–Kier alpha value is -0.220. The van der Waals surface area contributed by atoms with Crippen LogP contribution in [-0.2, 0) is 4.79 Å². The van der Waals surface area contributed by atoms with Gasteiger partial charge in [-0.3, -0.25) is 4.79 Å². The highest BCUT2D eigenvalue weighted by atomic mass is 32.2. The summed E-state index contributed by atoms with van der Waals surface area (Å²) in [6.45, 7) is 2.08. The van der Waals surface area contributed by atoms with Crippen molar-refractivity contribution in [2.75, 3.05) is 25.1 Å². The van der Waals surface area contributed by atoms with Gasteiger partial charge in [-0.2, -0.15) is 11.8 Å². The van der Waals surface area contributed by atoms with E-state index in [9.17, 15) is 4.79 Å². The monoisotopic (exact) mass is 270 g/mol. The van der Waals surface area contributed by atoms with Crippen molar-refractivity contribution in [3.63, 3.8) is 0 Å². The molecular formula is C14H26N2OS. The predicted molar refractivity (Wildman–Crippen MR) is 78.0 cm³/mol. The van der Waals surface area contributed by atoms with Gasteiger partial charge < -0.3 is 10.2 Å². The van der Waals surface area contributed by atoms with Crippen LogP contribution in [0.1, 0.15) is 44.9 Å². The SMILES string of the molecule is CSCCCCCNC1CC(=O)N2CCCCC12. The van der Waals surface area contributed by atoms with Gasteiger partial charge in [-0.05, 0) is 50.7 Å².